The number of nitrogens with one attached hydrogen (secondary N) is 3. The van der Waals surface area contributed by atoms with Crippen LogP contribution in [0.1, 0.15) is 27.0 Å². The van der Waals surface area contributed by atoms with Crippen LogP contribution in [0.15, 0.2) is 47.5 Å². The van der Waals surface area contributed by atoms with Gasteiger partial charge in [0.05, 0.1) is 0 Å². The molecule has 0 unspecified atom stereocenters. The summed E-state index contributed by atoms with van der Waals surface area (Å²) >= 11 is 0. The van der Waals surface area contributed by atoms with Crippen LogP contribution in [0.25, 0.3) is 0 Å². The highest BCUT2D eigenvalue weighted by Crippen LogP contribution is 2.21. The van der Waals surface area contributed by atoms with E-state index in [0.29, 0.717) is 30.2 Å². The van der Waals surface area contributed by atoms with E-state index in [-0.39, 0.29) is 42.2 Å². The van der Waals surface area contributed by atoms with Crippen LogP contribution < -0.4 is 20.7 Å². The number of rotatable bonds is 8. The molecule has 0 saturated carbocycles. The number of amides is 1. The quantitative estimate of drug-likeness (QED) is 0.210. The van der Waals surface area contributed by atoms with Gasteiger partial charge in [0.25, 0.3) is 5.91 Å². The lowest BCUT2D eigenvalue weighted by Gasteiger charge is -2.15. The summed E-state index contributed by atoms with van der Waals surface area (Å²) in [5.41, 5.74) is 3.16. The number of nitrogens with zero attached hydrogens (tertiary/aromatic N) is 1. The molecule has 3 N–H and O–H groups in total. The highest BCUT2D eigenvalue weighted by molar-refractivity contribution is 14.0. The van der Waals surface area contributed by atoms with Crippen molar-refractivity contribution in [3.8, 4) is 5.75 Å². The molecule has 1 amide bonds. The molecular formula is C21H27F2IN4O2. The molecule has 30 heavy (non-hydrogen) atoms. The average Bonchev–Trinajstić information content (AvgIpc) is 2.68. The second-order valence-corrected chi connectivity index (χ2v) is 6.47. The Kier molecular flexibility index (Phi) is 11.1. The molecule has 0 heterocycles. The topological polar surface area (TPSA) is 74.8 Å². The highest BCUT2D eigenvalue weighted by atomic mass is 127. The average molecular weight is 532 g/mol. The summed E-state index contributed by atoms with van der Waals surface area (Å²) in [4.78, 5) is 16.2. The standard InChI is InChI=1S/C21H26F2N4O2.HI/c1-14-5-4-6-16(11-14)19(28)25-9-10-26-21(24-3)27-13-17-12-15(2)7-8-18(17)29-20(22)23;/h4-8,11-12,20H,9-10,13H2,1-3H3,(H,25,28)(H2,24,26,27);1H. The van der Waals surface area contributed by atoms with Crippen molar-refractivity contribution < 1.29 is 18.3 Å². The molecule has 0 fully saturated rings. The maximum atomic E-state index is 12.6. The number of halogens is 3. The summed E-state index contributed by atoms with van der Waals surface area (Å²) in [6, 6.07) is 12.4. The van der Waals surface area contributed by atoms with Crippen molar-refractivity contribution in [3.05, 3.63) is 64.7 Å². The predicted octanol–water partition coefficient (Wildman–Crippen LogP) is 3.62. The first-order valence-corrected chi connectivity index (χ1v) is 9.22. The zero-order chi connectivity index (χ0) is 21.2. The third kappa shape index (κ3) is 8.52. The molecule has 0 radical (unpaired) electrons. The fraction of sp³-hybridized carbons (Fsp3) is 0.333. The first-order valence-electron chi connectivity index (χ1n) is 9.22. The molecule has 0 aliphatic heterocycles. The second kappa shape index (κ2) is 13.0. The molecule has 0 saturated heterocycles. The maximum Gasteiger partial charge on any atom is 0.387 e. The van der Waals surface area contributed by atoms with Gasteiger partial charge in [0.1, 0.15) is 5.75 Å². The van der Waals surface area contributed by atoms with E-state index >= 15 is 0 Å². The van der Waals surface area contributed by atoms with E-state index in [1.54, 1.807) is 25.2 Å². The van der Waals surface area contributed by atoms with E-state index in [9.17, 15) is 13.6 Å². The van der Waals surface area contributed by atoms with Crippen molar-refractivity contribution in [3.63, 3.8) is 0 Å². The smallest absolute Gasteiger partial charge is 0.387 e. The van der Waals surface area contributed by atoms with Crippen molar-refractivity contribution in [2.24, 2.45) is 4.99 Å². The van der Waals surface area contributed by atoms with Gasteiger partial charge in [0.15, 0.2) is 5.96 Å². The Morgan fingerprint density at radius 3 is 2.40 bits per heavy atom. The van der Waals surface area contributed by atoms with Gasteiger partial charge in [-0.3, -0.25) is 9.79 Å². The fourth-order valence-corrected chi connectivity index (χ4v) is 2.70. The number of alkyl halides is 2. The van der Waals surface area contributed by atoms with Crippen LogP contribution in [0.3, 0.4) is 0 Å². The third-order valence-electron chi connectivity index (χ3n) is 4.09. The Hall–Kier alpha value is -2.43. The van der Waals surface area contributed by atoms with Crippen LogP contribution in [0.5, 0.6) is 5.75 Å². The zero-order valence-electron chi connectivity index (χ0n) is 17.2. The van der Waals surface area contributed by atoms with Crippen molar-refractivity contribution in [1.82, 2.24) is 16.0 Å². The minimum atomic E-state index is -2.88. The summed E-state index contributed by atoms with van der Waals surface area (Å²) in [6.07, 6.45) is 0. The largest absolute Gasteiger partial charge is 0.434 e. The van der Waals surface area contributed by atoms with Gasteiger partial charge in [-0.05, 0) is 32.0 Å². The Balaban J connectivity index is 0.00000450. The first kappa shape index (κ1) is 25.6. The Morgan fingerprint density at radius 2 is 1.73 bits per heavy atom. The van der Waals surface area contributed by atoms with Crippen LogP contribution in [-0.2, 0) is 6.54 Å². The molecule has 2 rings (SSSR count). The zero-order valence-corrected chi connectivity index (χ0v) is 19.5. The molecule has 0 atom stereocenters. The van der Waals surface area contributed by atoms with E-state index < -0.39 is 6.61 Å². The van der Waals surface area contributed by atoms with Gasteiger partial charge in [-0.1, -0.05) is 35.4 Å². The van der Waals surface area contributed by atoms with Crippen molar-refractivity contribution >= 4 is 35.8 Å². The van der Waals surface area contributed by atoms with Crippen molar-refractivity contribution in [1.29, 1.82) is 0 Å². The lowest BCUT2D eigenvalue weighted by Crippen LogP contribution is -2.41. The number of aryl methyl sites for hydroxylation is 2. The molecule has 6 nitrogen and oxygen atoms in total. The van der Waals surface area contributed by atoms with Crippen LogP contribution in [-0.4, -0.2) is 38.6 Å². The minimum Gasteiger partial charge on any atom is -0.434 e. The fourth-order valence-electron chi connectivity index (χ4n) is 2.70. The van der Waals surface area contributed by atoms with Gasteiger partial charge in [-0.25, -0.2) is 0 Å². The molecule has 9 heteroatoms. The van der Waals surface area contributed by atoms with Gasteiger partial charge in [0.2, 0.25) is 0 Å². The number of ether oxygens (including phenoxy) is 1. The third-order valence-corrected chi connectivity index (χ3v) is 4.09. The lowest BCUT2D eigenvalue weighted by atomic mass is 10.1. The maximum absolute atomic E-state index is 12.6. The van der Waals surface area contributed by atoms with Crippen molar-refractivity contribution in [2.75, 3.05) is 20.1 Å². The number of guanidine groups is 1. The number of carbonyl (C=O) groups is 1. The SMILES string of the molecule is CN=C(NCCNC(=O)c1cccc(C)c1)NCc1cc(C)ccc1OC(F)F.I. The molecule has 2 aromatic carbocycles. The monoisotopic (exact) mass is 532 g/mol. The number of hydrogen-bond acceptors (Lipinski definition) is 3. The van der Waals surface area contributed by atoms with Gasteiger partial charge in [0, 0.05) is 37.8 Å². The molecule has 0 aliphatic carbocycles. The van der Waals surface area contributed by atoms with E-state index in [4.69, 9.17) is 0 Å². The molecule has 164 valence electrons. The molecule has 2 aromatic rings. The van der Waals surface area contributed by atoms with E-state index in [1.165, 1.54) is 6.07 Å². The molecule has 0 aliphatic rings. The van der Waals surface area contributed by atoms with Crippen LogP contribution >= 0.6 is 24.0 Å². The summed E-state index contributed by atoms with van der Waals surface area (Å²) < 4.78 is 29.7. The predicted molar refractivity (Wildman–Crippen MR) is 125 cm³/mol. The summed E-state index contributed by atoms with van der Waals surface area (Å²) in [5, 5.41) is 8.95. The van der Waals surface area contributed by atoms with E-state index in [0.717, 1.165) is 11.1 Å². The second-order valence-electron chi connectivity index (χ2n) is 6.47. The highest BCUT2D eigenvalue weighted by Gasteiger charge is 2.10. The summed E-state index contributed by atoms with van der Waals surface area (Å²) in [7, 11) is 1.60. The van der Waals surface area contributed by atoms with Crippen molar-refractivity contribution in [2.45, 2.75) is 27.0 Å². The summed E-state index contributed by atoms with van der Waals surface area (Å²) in [6.45, 7) is 2.04. The number of aliphatic imine (C=N–C) groups is 1. The molecule has 0 spiro atoms. The number of hydrogen-bond donors (Lipinski definition) is 3. The van der Waals surface area contributed by atoms with Crippen LogP contribution in [0, 0.1) is 13.8 Å². The summed E-state index contributed by atoms with van der Waals surface area (Å²) in [5.74, 6) is 0.463. The minimum absolute atomic E-state index is 0. The normalized spacial score (nSPS) is 10.9. The number of carbonyl (C=O) groups excluding carboxylic acids is 1. The molecular weight excluding hydrogens is 505 g/mol. The molecule has 0 bridgehead atoms. The van der Waals surface area contributed by atoms with Crippen LogP contribution in [0.4, 0.5) is 8.78 Å². The first-order chi connectivity index (χ1) is 13.9. The lowest BCUT2D eigenvalue weighted by molar-refractivity contribution is -0.0504. The Labute approximate surface area is 192 Å². The van der Waals surface area contributed by atoms with Gasteiger partial charge in [-0.2, -0.15) is 8.78 Å². The Bertz CT molecular complexity index is 863. The number of benzene rings is 2. The van der Waals surface area contributed by atoms with Gasteiger partial charge < -0.3 is 20.7 Å². The Morgan fingerprint density at radius 1 is 1.03 bits per heavy atom. The van der Waals surface area contributed by atoms with E-state index in [1.807, 2.05) is 32.0 Å². The molecule has 0 aromatic heterocycles. The van der Waals surface area contributed by atoms with E-state index in [2.05, 4.69) is 25.7 Å². The van der Waals surface area contributed by atoms with Gasteiger partial charge >= 0.3 is 6.61 Å². The van der Waals surface area contributed by atoms with Gasteiger partial charge in [-0.15, -0.1) is 24.0 Å². The van der Waals surface area contributed by atoms with Crippen LogP contribution in [0.2, 0.25) is 0 Å².